The Balaban J connectivity index is 2.59. The lowest BCUT2D eigenvalue weighted by atomic mass is 10.1. The molecule has 64 valence electrons. The summed E-state index contributed by atoms with van der Waals surface area (Å²) >= 11 is 6.33. The van der Waals surface area contributed by atoms with Crippen LogP contribution < -0.4 is 0 Å². The van der Waals surface area contributed by atoms with Gasteiger partial charge in [0, 0.05) is 6.42 Å². The molecule has 0 aliphatic rings. The molecule has 0 aliphatic carbocycles. The minimum absolute atomic E-state index is 0.140. The van der Waals surface area contributed by atoms with Crippen LogP contribution in [0.3, 0.4) is 0 Å². The van der Waals surface area contributed by atoms with E-state index in [9.17, 15) is 4.79 Å². The summed E-state index contributed by atoms with van der Waals surface area (Å²) in [6.45, 7) is 0. The molecule has 1 aromatic carbocycles. The normalized spacial score (nSPS) is 10.2. The fraction of sp³-hybridized carbons (Fsp3) is 0.222. The van der Waals surface area contributed by atoms with Gasteiger partial charge in [0.15, 0.2) is 5.78 Å². The molecular formula is C9H8Br2O. The molecule has 1 nitrogen and oxygen atoms in total. The van der Waals surface area contributed by atoms with Gasteiger partial charge in [-0.25, -0.2) is 0 Å². The van der Waals surface area contributed by atoms with Crippen LogP contribution in [0.4, 0.5) is 0 Å². The van der Waals surface area contributed by atoms with E-state index >= 15 is 0 Å². The number of Topliss-reactive ketones (excluding diaryl/α,β-unsaturated/α-hetero) is 1. The summed E-state index contributed by atoms with van der Waals surface area (Å²) in [7, 11) is 0. The molecule has 3 heteroatoms. The van der Waals surface area contributed by atoms with Crippen molar-refractivity contribution in [2.24, 2.45) is 0 Å². The zero-order chi connectivity index (χ0) is 8.97. The lowest BCUT2D eigenvalue weighted by Gasteiger charge is -2.00. The van der Waals surface area contributed by atoms with Crippen LogP contribution in [0, 0.1) is 0 Å². The Kier molecular flexibility index (Phi) is 3.95. The molecule has 0 spiro atoms. The van der Waals surface area contributed by atoms with Gasteiger partial charge in [0.2, 0.25) is 0 Å². The molecule has 0 N–H and O–H groups in total. The van der Waals surface area contributed by atoms with E-state index in [1.807, 2.05) is 30.3 Å². The fourth-order valence-corrected chi connectivity index (χ4v) is 1.20. The van der Waals surface area contributed by atoms with Crippen molar-refractivity contribution in [3.63, 3.8) is 0 Å². The quantitative estimate of drug-likeness (QED) is 0.783. The zero-order valence-corrected chi connectivity index (χ0v) is 9.51. The van der Waals surface area contributed by atoms with Crippen molar-refractivity contribution in [1.29, 1.82) is 0 Å². The number of halogens is 2. The van der Waals surface area contributed by atoms with Crippen LogP contribution in [0.25, 0.3) is 0 Å². The highest BCUT2D eigenvalue weighted by molar-refractivity contribution is 9.25. The van der Waals surface area contributed by atoms with Crippen LogP contribution in [0.2, 0.25) is 0 Å². The molecule has 12 heavy (non-hydrogen) atoms. The maximum Gasteiger partial charge on any atom is 0.161 e. The summed E-state index contributed by atoms with van der Waals surface area (Å²) < 4.78 is -0.231. The number of alkyl halides is 2. The van der Waals surface area contributed by atoms with Gasteiger partial charge in [-0.1, -0.05) is 62.2 Å². The molecule has 0 saturated heterocycles. The molecule has 0 atom stereocenters. The van der Waals surface area contributed by atoms with Crippen LogP contribution in [0.15, 0.2) is 30.3 Å². The number of rotatable bonds is 3. The standard InChI is InChI=1S/C9H8Br2O/c10-9(11)8(12)6-7-4-2-1-3-5-7/h1-5,9H,6H2. The second-order valence-electron chi connectivity index (χ2n) is 2.43. The van der Waals surface area contributed by atoms with E-state index in [0.29, 0.717) is 6.42 Å². The van der Waals surface area contributed by atoms with Crippen LogP contribution in [0.1, 0.15) is 5.56 Å². The topological polar surface area (TPSA) is 17.1 Å². The predicted molar refractivity (Wildman–Crippen MR) is 56.8 cm³/mol. The third-order valence-corrected chi connectivity index (χ3v) is 2.49. The molecular weight excluding hydrogens is 284 g/mol. The monoisotopic (exact) mass is 290 g/mol. The van der Waals surface area contributed by atoms with Crippen molar-refractivity contribution in [2.45, 2.75) is 10.2 Å². The van der Waals surface area contributed by atoms with Crippen molar-refractivity contribution in [3.05, 3.63) is 35.9 Å². The van der Waals surface area contributed by atoms with Gasteiger partial charge in [-0.2, -0.15) is 0 Å². The SMILES string of the molecule is O=C(Cc1ccccc1)C(Br)Br. The van der Waals surface area contributed by atoms with E-state index in [-0.39, 0.29) is 9.52 Å². The van der Waals surface area contributed by atoms with Crippen molar-refractivity contribution in [2.75, 3.05) is 0 Å². The lowest BCUT2D eigenvalue weighted by Crippen LogP contribution is -2.09. The minimum Gasteiger partial charge on any atom is -0.297 e. The average Bonchev–Trinajstić information content (AvgIpc) is 2.06. The molecule has 0 aliphatic heterocycles. The predicted octanol–water partition coefficient (Wildman–Crippen LogP) is 2.91. The van der Waals surface area contributed by atoms with Gasteiger partial charge in [-0.3, -0.25) is 4.79 Å². The summed E-state index contributed by atoms with van der Waals surface area (Å²) in [6.07, 6.45) is 0.474. The summed E-state index contributed by atoms with van der Waals surface area (Å²) in [5, 5.41) is 0. The van der Waals surface area contributed by atoms with Gasteiger partial charge in [0.05, 0.1) is 0 Å². The van der Waals surface area contributed by atoms with Crippen LogP contribution in [-0.4, -0.2) is 9.52 Å². The zero-order valence-electron chi connectivity index (χ0n) is 6.34. The second-order valence-corrected chi connectivity index (χ2v) is 5.49. The van der Waals surface area contributed by atoms with Crippen molar-refractivity contribution >= 4 is 37.6 Å². The van der Waals surface area contributed by atoms with E-state index in [0.717, 1.165) is 5.56 Å². The third-order valence-electron chi connectivity index (χ3n) is 1.46. The molecule has 0 fully saturated rings. The highest BCUT2D eigenvalue weighted by atomic mass is 79.9. The Morgan fingerprint density at radius 2 is 1.83 bits per heavy atom. The van der Waals surface area contributed by atoms with E-state index in [1.54, 1.807) is 0 Å². The first-order valence-electron chi connectivity index (χ1n) is 3.55. The first kappa shape index (κ1) is 9.93. The first-order chi connectivity index (χ1) is 5.70. The van der Waals surface area contributed by atoms with Gasteiger partial charge in [0.25, 0.3) is 0 Å². The molecule has 0 amide bonds. The maximum atomic E-state index is 11.2. The number of hydrogen-bond donors (Lipinski definition) is 0. The van der Waals surface area contributed by atoms with E-state index in [1.165, 1.54) is 0 Å². The maximum absolute atomic E-state index is 11.2. The molecule has 0 unspecified atom stereocenters. The molecule has 1 aromatic rings. The average molecular weight is 292 g/mol. The van der Waals surface area contributed by atoms with Gasteiger partial charge in [-0.15, -0.1) is 0 Å². The van der Waals surface area contributed by atoms with Crippen LogP contribution >= 0.6 is 31.9 Å². The second kappa shape index (κ2) is 4.77. The molecule has 0 saturated carbocycles. The Morgan fingerprint density at radius 3 is 2.33 bits per heavy atom. The van der Waals surface area contributed by atoms with Gasteiger partial charge < -0.3 is 0 Å². The number of carbonyl (C=O) groups excluding carboxylic acids is 1. The Morgan fingerprint density at radius 1 is 1.25 bits per heavy atom. The van der Waals surface area contributed by atoms with E-state index in [2.05, 4.69) is 31.9 Å². The van der Waals surface area contributed by atoms with Crippen LogP contribution in [-0.2, 0) is 11.2 Å². The molecule has 0 radical (unpaired) electrons. The fourth-order valence-electron chi connectivity index (χ4n) is 0.874. The summed E-state index contributed by atoms with van der Waals surface area (Å²) in [4.78, 5) is 11.2. The third kappa shape index (κ3) is 3.07. The molecule has 0 aromatic heterocycles. The highest BCUT2D eigenvalue weighted by Gasteiger charge is 2.10. The summed E-state index contributed by atoms with van der Waals surface area (Å²) in [5.41, 5.74) is 1.05. The van der Waals surface area contributed by atoms with Crippen molar-refractivity contribution in [1.82, 2.24) is 0 Å². The summed E-state index contributed by atoms with van der Waals surface area (Å²) in [5.74, 6) is 0.140. The summed E-state index contributed by atoms with van der Waals surface area (Å²) in [6, 6.07) is 9.69. The highest BCUT2D eigenvalue weighted by Crippen LogP contribution is 2.12. The van der Waals surface area contributed by atoms with Crippen LogP contribution in [0.5, 0.6) is 0 Å². The Labute approximate surface area is 88.4 Å². The van der Waals surface area contributed by atoms with Gasteiger partial charge in [-0.05, 0) is 5.56 Å². The smallest absolute Gasteiger partial charge is 0.161 e. The van der Waals surface area contributed by atoms with E-state index in [4.69, 9.17) is 0 Å². The number of benzene rings is 1. The Bertz CT molecular complexity index is 256. The van der Waals surface area contributed by atoms with Gasteiger partial charge in [0.1, 0.15) is 3.74 Å². The van der Waals surface area contributed by atoms with Crippen molar-refractivity contribution < 1.29 is 4.79 Å². The van der Waals surface area contributed by atoms with E-state index < -0.39 is 0 Å². The molecule has 0 bridgehead atoms. The first-order valence-corrected chi connectivity index (χ1v) is 5.38. The Hall–Kier alpha value is -0.150. The van der Waals surface area contributed by atoms with Gasteiger partial charge >= 0.3 is 0 Å². The molecule has 0 heterocycles. The number of ketones is 1. The minimum atomic E-state index is -0.231. The molecule has 1 rings (SSSR count). The largest absolute Gasteiger partial charge is 0.297 e. The number of carbonyl (C=O) groups is 1. The van der Waals surface area contributed by atoms with Crippen molar-refractivity contribution in [3.8, 4) is 0 Å². The lowest BCUT2D eigenvalue weighted by molar-refractivity contribution is -0.116. The number of hydrogen-bond acceptors (Lipinski definition) is 1.